The fraction of sp³-hybridized carbons (Fsp3) is 0.545. The Bertz CT molecular complexity index is 1530. The predicted octanol–water partition coefficient (Wildman–Crippen LogP) is 2.02. The van der Waals surface area contributed by atoms with Gasteiger partial charge >= 0.3 is 17.6 Å². The molecule has 1 aromatic heterocycles. The fourth-order valence-electron chi connectivity index (χ4n) is 5.41. The standard InChI is InChI=1S/C23H38BN5O5.C10H11FO4S/c1-15(2)19(7-4-5-10-25)22(31)27-14-18-13-17(9-11-26-18)21(30)28-16(3)23(32)29-12-6-8-20(29)24(33)34;1-8(12)2-3-9-4-6-10(7-5-9)15-16(11,13)14/h9,11,13,15-16,19-20,33-34H,4-8,10,12,14,25H2,1-3H3,(H,27,31)(H,28,30);4-7H,2-3H2,1H3. The van der Waals surface area contributed by atoms with Gasteiger partial charge in [-0.2, -0.15) is 8.42 Å². The molecular weight excluding hydrogens is 672 g/mol. The largest absolute Gasteiger partial charge is 0.488 e. The lowest BCUT2D eigenvalue weighted by Crippen LogP contribution is -2.52. The third-order valence-corrected chi connectivity index (χ3v) is 8.55. The highest BCUT2D eigenvalue weighted by atomic mass is 32.3. The Morgan fingerprint density at radius 2 is 1.80 bits per heavy atom. The molecule has 3 unspecified atom stereocenters. The number of hydrogen-bond acceptors (Lipinski definition) is 11. The van der Waals surface area contributed by atoms with Gasteiger partial charge in [-0.1, -0.05) is 36.3 Å². The molecule has 6 N–H and O–H groups in total. The van der Waals surface area contributed by atoms with E-state index in [1.54, 1.807) is 25.1 Å². The van der Waals surface area contributed by atoms with Crippen LogP contribution in [0.25, 0.3) is 0 Å². The summed E-state index contributed by atoms with van der Waals surface area (Å²) >= 11 is 0. The molecule has 0 radical (unpaired) electrons. The lowest BCUT2D eigenvalue weighted by atomic mass is 9.78. The van der Waals surface area contributed by atoms with Crippen LogP contribution in [0.5, 0.6) is 5.75 Å². The molecule has 2 aromatic rings. The summed E-state index contributed by atoms with van der Waals surface area (Å²) < 4.78 is 36.5. The highest BCUT2D eigenvalue weighted by molar-refractivity contribution is 7.81. The number of nitrogens with two attached hydrogens (primary N) is 1. The number of pyridine rings is 1. The number of carbonyl (C=O) groups is 4. The number of nitrogens with one attached hydrogen (secondary N) is 2. The number of Topliss-reactive ketones (excluding diaryl/α,β-unsaturated/α-hetero) is 1. The number of hydrogen-bond donors (Lipinski definition) is 5. The Morgan fingerprint density at radius 1 is 1.12 bits per heavy atom. The smallest absolute Gasteiger partial charge is 0.426 e. The van der Waals surface area contributed by atoms with Gasteiger partial charge in [0.15, 0.2) is 0 Å². The van der Waals surface area contributed by atoms with Crippen molar-refractivity contribution in [2.75, 3.05) is 13.1 Å². The van der Waals surface area contributed by atoms with Crippen molar-refractivity contribution in [1.29, 1.82) is 0 Å². The average molecular weight is 722 g/mol. The molecule has 1 saturated heterocycles. The Balaban J connectivity index is 0.000000452. The van der Waals surface area contributed by atoms with Crippen molar-refractivity contribution in [2.24, 2.45) is 17.6 Å². The Hall–Kier alpha value is -3.93. The molecule has 3 amide bonds. The summed E-state index contributed by atoms with van der Waals surface area (Å²) in [5, 5.41) is 24.5. The molecule has 14 nitrogen and oxygen atoms in total. The number of amides is 3. The lowest BCUT2D eigenvalue weighted by Gasteiger charge is -2.27. The minimum absolute atomic E-state index is 0.0471. The molecule has 0 bridgehead atoms. The Labute approximate surface area is 293 Å². The van der Waals surface area contributed by atoms with Gasteiger partial charge in [0.1, 0.15) is 17.6 Å². The third kappa shape index (κ3) is 14.9. The van der Waals surface area contributed by atoms with Crippen molar-refractivity contribution in [1.82, 2.24) is 20.5 Å². The number of likely N-dealkylation sites (tertiary alicyclic amines) is 1. The molecule has 17 heteroatoms. The molecule has 0 saturated carbocycles. The minimum Gasteiger partial charge on any atom is -0.426 e. The van der Waals surface area contributed by atoms with E-state index in [0.29, 0.717) is 50.0 Å². The van der Waals surface area contributed by atoms with Crippen molar-refractivity contribution < 1.29 is 45.7 Å². The van der Waals surface area contributed by atoms with Crippen LogP contribution in [0.3, 0.4) is 0 Å². The number of rotatable bonds is 17. The van der Waals surface area contributed by atoms with Crippen molar-refractivity contribution >= 4 is 41.1 Å². The number of unbranched alkanes of at least 4 members (excludes halogenated alkanes) is 1. The van der Waals surface area contributed by atoms with Crippen molar-refractivity contribution in [3.8, 4) is 5.75 Å². The van der Waals surface area contributed by atoms with E-state index in [4.69, 9.17) is 5.73 Å². The number of aryl methyl sites for hydroxylation is 1. The monoisotopic (exact) mass is 721 g/mol. The molecular formula is C33H49BFN5O9S. The van der Waals surface area contributed by atoms with Gasteiger partial charge in [-0.3, -0.25) is 19.4 Å². The third-order valence-electron chi connectivity index (χ3n) is 8.16. The first-order chi connectivity index (χ1) is 23.5. The summed E-state index contributed by atoms with van der Waals surface area (Å²) in [6.45, 7) is 8.32. The first kappa shape index (κ1) is 42.2. The average Bonchev–Trinajstić information content (AvgIpc) is 3.55. The highest BCUT2D eigenvalue weighted by Crippen LogP contribution is 2.20. The second-order valence-corrected chi connectivity index (χ2v) is 13.5. The number of halogens is 1. The van der Waals surface area contributed by atoms with Gasteiger partial charge in [-0.25, -0.2) is 0 Å². The number of nitrogens with zero attached hydrogens (tertiary/aromatic N) is 2. The van der Waals surface area contributed by atoms with E-state index in [2.05, 4.69) is 19.8 Å². The van der Waals surface area contributed by atoms with Crippen LogP contribution < -0.4 is 20.6 Å². The van der Waals surface area contributed by atoms with Gasteiger partial charge in [0.25, 0.3) is 5.91 Å². The second kappa shape index (κ2) is 20.7. The molecule has 1 aliphatic heterocycles. The topological polar surface area (TPSA) is 218 Å². The predicted molar refractivity (Wildman–Crippen MR) is 185 cm³/mol. The number of carbonyl (C=O) groups excluding carboxylic acids is 4. The summed E-state index contributed by atoms with van der Waals surface area (Å²) in [6.07, 6.45) is 6.21. The number of benzene rings is 1. The maximum Gasteiger partial charge on any atom is 0.488 e. The van der Waals surface area contributed by atoms with E-state index in [-0.39, 0.29) is 41.7 Å². The van der Waals surface area contributed by atoms with E-state index in [1.165, 1.54) is 36.2 Å². The summed E-state index contributed by atoms with van der Waals surface area (Å²) in [4.78, 5) is 54.5. The maximum absolute atomic E-state index is 12.7. The van der Waals surface area contributed by atoms with Gasteiger partial charge in [0, 0.05) is 30.6 Å². The molecule has 0 aliphatic carbocycles. The van der Waals surface area contributed by atoms with Crippen molar-refractivity contribution in [3.05, 3.63) is 59.4 Å². The molecule has 276 valence electrons. The number of ketones is 1. The van der Waals surface area contributed by atoms with Crippen LogP contribution in [-0.4, -0.2) is 84.0 Å². The van der Waals surface area contributed by atoms with Crippen LogP contribution in [0.2, 0.25) is 0 Å². The highest BCUT2D eigenvalue weighted by Gasteiger charge is 2.38. The van der Waals surface area contributed by atoms with Gasteiger partial charge in [-0.05, 0) is 88.2 Å². The maximum atomic E-state index is 12.7. The Morgan fingerprint density at radius 3 is 2.38 bits per heavy atom. The summed E-state index contributed by atoms with van der Waals surface area (Å²) in [5.41, 5.74) is 7.27. The van der Waals surface area contributed by atoms with E-state index >= 15 is 0 Å². The second-order valence-electron chi connectivity index (χ2n) is 12.6. The molecule has 3 atom stereocenters. The zero-order valence-corrected chi connectivity index (χ0v) is 29.8. The van der Waals surface area contributed by atoms with Gasteiger partial charge < -0.3 is 40.3 Å². The van der Waals surface area contributed by atoms with Crippen LogP contribution in [0.15, 0.2) is 42.6 Å². The molecule has 2 heterocycles. The molecule has 1 aromatic carbocycles. The van der Waals surface area contributed by atoms with E-state index in [9.17, 15) is 41.5 Å². The van der Waals surface area contributed by atoms with Crippen LogP contribution in [0, 0.1) is 11.8 Å². The normalized spacial score (nSPS) is 15.4. The first-order valence-corrected chi connectivity index (χ1v) is 18.0. The quantitative estimate of drug-likeness (QED) is 0.0904. The van der Waals surface area contributed by atoms with Gasteiger partial charge in [0.2, 0.25) is 11.8 Å². The van der Waals surface area contributed by atoms with Crippen LogP contribution in [0.1, 0.15) is 87.8 Å². The minimum atomic E-state index is -4.97. The molecule has 0 spiro atoms. The molecule has 3 rings (SSSR count). The SMILES string of the molecule is CC(=O)CCc1ccc(OS(=O)(=O)F)cc1.CC(NC(=O)c1ccnc(CNC(=O)C(CCCCN)C(C)C)c1)C(=O)N1CCCC1B(O)O. The van der Waals surface area contributed by atoms with Gasteiger partial charge in [0.05, 0.1) is 18.2 Å². The van der Waals surface area contributed by atoms with E-state index < -0.39 is 35.5 Å². The summed E-state index contributed by atoms with van der Waals surface area (Å²) in [7, 11) is -6.58. The van der Waals surface area contributed by atoms with Crippen molar-refractivity contribution in [2.45, 2.75) is 91.2 Å². The lowest BCUT2D eigenvalue weighted by molar-refractivity contribution is -0.132. The van der Waals surface area contributed by atoms with Crippen LogP contribution in [-0.2, 0) is 37.9 Å². The Kier molecular flexibility index (Phi) is 17.5. The molecule has 1 aliphatic rings. The summed E-state index contributed by atoms with van der Waals surface area (Å²) in [6, 6.07) is 8.15. The zero-order chi connectivity index (χ0) is 37.4. The molecule has 1 fully saturated rings. The van der Waals surface area contributed by atoms with E-state index in [1.807, 2.05) is 13.8 Å². The summed E-state index contributed by atoms with van der Waals surface area (Å²) in [5.74, 6) is -1.44. The zero-order valence-electron chi connectivity index (χ0n) is 29.0. The first-order valence-electron chi connectivity index (χ1n) is 16.6. The van der Waals surface area contributed by atoms with Crippen LogP contribution >= 0.6 is 0 Å². The van der Waals surface area contributed by atoms with Crippen molar-refractivity contribution in [3.63, 3.8) is 0 Å². The fourth-order valence-corrected chi connectivity index (χ4v) is 5.76. The van der Waals surface area contributed by atoms with E-state index in [0.717, 1.165) is 24.8 Å². The van der Waals surface area contributed by atoms with Crippen LogP contribution in [0.4, 0.5) is 3.89 Å². The number of aromatic nitrogens is 1. The van der Waals surface area contributed by atoms with Gasteiger partial charge in [-0.15, -0.1) is 0 Å². The molecule has 50 heavy (non-hydrogen) atoms.